The monoisotopic (exact) mass is 226 g/mol. The van der Waals surface area contributed by atoms with Gasteiger partial charge in [-0.15, -0.1) is 0 Å². The molecule has 1 saturated carbocycles. The Kier molecular flexibility index (Phi) is 2.60. The van der Waals surface area contributed by atoms with Gasteiger partial charge in [0.2, 0.25) is 0 Å². The van der Waals surface area contributed by atoms with Gasteiger partial charge in [-0.1, -0.05) is 25.1 Å². The van der Waals surface area contributed by atoms with Gasteiger partial charge in [0, 0.05) is 17.6 Å². The van der Waals surface area contributed by atoms with Crippen molar-refractivity contribution in [1.29, 1.82) is 0 Å². The number of aromatic nitrogens is 1. The van der Waals surface area contributed by atoms with Gasteiger partial charge in [0.15, 0.2) is 0 Å². The summed E-state index contributed by atoms with van der Waals surface area (Å²) in [5, 5.41) is 4.67. The molecule has 3 unspecified atom stereocenters. The molecule has 1 heterocycles. The zero-order chi connectivity index (χ0) is 11.8. The first-order valence-corrected chi connectivity index (χ1v) is 6.31. The van der Waals surface area contributed by atoms with Crippen molar-refractivity contribution in [2.24, 2.45) is 11.8 Å². The Morgan fingerprint density at radius 2 is 2.12 bits per heavy atom. The van der Waals surface area contributed by atoms with Crippen LogP contribution in [-0.2, 0) is 0 Å². The Morgan fingerprint density at radius 3 is 2.82 bits per heavy atom. The van der Waals surface area contributed by atoms with Crippen LogP contribution >= 0.6 is 0 Å². The van der Waals surface area contributed by atoms with Crippen LogP contribution in [0.1, 0.15) is 24.9 Å². The average Bonchev–Trinajstić information content (AvgIpc) is 3.07. The van der Waals surface area contributed by atoms with Crippen LogP contribution in [0.15, 0.2) is 36.5 Å². The van der Waals surface area contributed by atoms with Crippen molar-refractivity contribution in [3.05, 3.63) is 42.1 Å². The highest BCUT2D eigenvalue weighted by molar-refractivity contribution is 5.78. The second kappa shape index (κ2) is 4.11. The van der Waals surface area contributed by atoms with Gasteiger partial charge in [0.1, 0.15) is 0 Å². The van der Waals surface area contributed by atoms with E-state index in [0.717, 1.165) is 17.4 Å². The predicted molar refractivity (Wildman–Crippen MR) is 70.8 cm³/mol. The molecule has 0 spiro atoms. The number of rotatable bonds is 3. The van der Waals surface area contributed by atoms with E-state index in [4.69, 9.17) is 0 Å². The maximum atomic E-state index is 4.55. The molecule has 1 aromatic carbocycles. The minimum Gasteiger partial charge on any atom is -0.313 e. The van der Waals surface area contributed by atoms with Crippen LogP contribution in [0.2, 0.25) is 0 Å². The van der Waals surface area contributed by atoms with E-state index in [0.29, 0.717) is 6.04 Å². The minimum absolute atomic E-state index is 0.460. The predicted octanol–water partition coefficient (Wildman–Crippen LogP) is 3.15. The Bertz CT molecular complexity index is 535. The van der Waals surface area contributed by atoms with Gasteiger partial charge in [-0.3, -0.25) is 4.98 Å². The highest BCUT2D eigenvalue weighted by atomic mass is 14.9. The minimum atomic E-state index is 0.460. The quantitative estimate of drug-likeness (QED) is 0.869. The molecule has 0 amide bonds. The van der Waals surface area contributed by atoms with Gasteiger partial charge in [-0.2, -0.15) is 0 Å². The summed E-state index contributed by atoms with van der Waals surface area (Å²) in [4.78, 5) is 4.55. The van der Waals surface area contributed by atoms with Crippen molar-refractivity contribution in [2.45, 2.75) is 19.4 Å². The van der Waals surface area contributed by atoms with E-state index in [1.165, 1.54) is 17.4 Å². The third kappa shape index (κ3) is 1.93. The van der Waals surface area contributed by atoms with Gasteiger partial charge in [-0.05, 0) is 43.0 Å². The van der Waals surface area contributed by atoms with Crippen molar-refractivity contribution < 1.29 is 0 Å². The van der Waals surface area contributed by atoms with Gasteiger partial charge in [-0.25, -0.2) is 0 Å². The molecule has 1 N–H and O–H groups in total. The van der Waals surface area contributed by atoms with Crippen LogP contribution in [0.4, 0.5) is 0 Å². The number of para-hydroxylation sites is 1. The molecular formula is C15H18N2. The second-order valence-electron chi connectivity index (χ2n) is 5.10. The lowest BCUT2D eigenvalue weighted by Gasteiger charge is -2.16. The molecule has 2 nitrogen and oxygen atoms in total. The lowest BCUT2D eigenvalue weighted by atomic mass is 10.0. The van der Waals surface area contributed by atoms with Crippen molar-refractivity contribution in [3.8, 4) is 0 Å². The third-order valence-corrected chi connectivity index (χ3v) is 3.88. The van der Waals surface area contributed by atoms with Crippen LogP contribution < -0.4 is 5.32 Å². The fraction of sp³-hybridized carbons (Fsp3) is 0.400. The summed E-state index contributed by atoms with van der Waals surface area (Å²) in [5.74, 6) is 1.63. The number of hydrogen-bond donors (Lipinski definition) is 1. The standard InChI is InChI=1S/C15H18N2/c1-10-7-13(10)15(16-2)12-8-11-5-3-4-6-14(11)17-9-12/h3-6,8-10,13,15-16H,7H2,1-2H3. The molecule has 3 rings (SSSR count). The maximum absolute atomic E-state index is 4.55. The molecule has 0 bridgehead atoms. The lowest BCUT2D eigenvalue weighted by Crippen LogP contribution is -2.19. The summed E-state index contributed by atoms with van der Waals surface area (Å²) >= 11 is 0. The molecule has 0 aliphatic heterocycles. The van der Waals surface area contributed by atoms with E-state index in [9.17, 15) is 0 Å². The van der Waals surface area contributed by atoms with Crippen LogP contribution in [0.5, 0.6) is 0 Å². The van der Waals surface area contributed by atoms with Crippen LogP contribution in [0.25, 0.3) is 10.9 Å². The van der Waals surface area contributed by atoms with Gasteiger partial charge in [0.05, 0.1) is 5.52 Å². The largest absolute Gasteiger partial charge is 0.313 e. The topological polar surface area (TPSA) is 24.9 Å². The fourth-order valence-electron chi connectivity index (χ4n) is 2.70. The SMILES string of the molecule is CNC(c1cnc2ccccc2c1)C1CC1C. The number of pyridine rings is 1. The highest BCUT2D eigenvalue weighted by Crippen LogP contribution is 2.46. The van der Waals surface area contributed by atoms with E-state index >= 15 is 0 Å². The first-order chi connectivity index (χ1) is 8.29. The fourth-order valence-corrected chi connectivity index (χ4v) is 2.70. The van der Waals surface area contributed by atoms with Crippen LogP contribution in [0, 0.1) is 11.8 Å². The molecule has 1 aliphatic rings. The van der Waals surface area contributed by atoms with E-state index < -0.39 is 0 Å². The van der Waals surface area contributed by atoms with Gasteiger partial charge in [0.25, 0.3) is 0 Å². The molecule has 88 valence electrons. The molecule has 2 aromatic rings. The molecule has 0 saturated heterocycles. The zero-order valence-corrected chi connectivity index (χ0v) is 10.4. The summed E-state index contributed by atoms with van der Waals surface area (Å²) in [6, 6.07) is 11.0. The number of hydrogen-bond acceptors (Lipinski definition) is 2. The number of nitrogens with zero attached hydrogens (tertiary/aromatic N) is 1. The molecule has 0 radical (unpaired) electrons. The molecule has 1 fully saturated rings. The highest BCUT2D eigenvalue weighted by Gasteiger charge is 2.39. The molecule has 1 aliphatic carbocycles. The van der Waals surface area contributed by atoms with Gasteiger partial charge >= 0.3 is 0 Å². The third-order valence-electron chi connectivity index (χ3n) is 3.88. The van der Waals surface area contributed by atoms with Crippen molar-refractivity contribution in [3.63, 3.8) is 0 Å². The summed E-state index contributed by atoms with van der Waals surface area (Å²) in [6.07, 6.45) is 3.35. The van der Waals surface area contributed by atoms with E-state index in [2.05, 4.69) is 41.5 Å². The smallest absolute Gasteiger partial charge is 0.0702 e. The maximum Gasteiger partial charge on any atom is 0.0702 e. The molecule has 2 heteroatoms. The Labute approximate surface area is 102 Å². The van der Waals surface area contributed by atoms with Crippen LogP contribution in [-0.4, -0.2) is 12.0 Å². The van der Waals surface area contributed by atoms with Gasteiger partial charge < -0.3 is 5.32 Å². The lowest BCUT2D eigenvalue weighted by molar-refractivity contribution is 0.503. The second-order valence-corrected chi connectivity index (χ2v) is 5.10. The van der Waals surface area contributed by atoms with E-state index in [-0.39, 0.29) is 0 Å². The summed E-state index contributed by atoms with van der Waals surface area (Å²) in [5.41, 5.74) is 2.40. The molecule has 17 heavy (non-hydrogen) atoms. The van der Waals surface area contributed by atoms with E-state index in [1.807, 2.05) is 19.3 Å². The van der Waals surface area contributed by atoms with Crippen LogP contribution in [0.3, 0.4) is 0 Å². The average molecular weight is 226 g/mol. The Balaban J connectivity index is 1.99. The van der Waals surface area contributed by atoms with Crippen molar-refractivity contribution in [2.75, 3.05) is 7.05 Å². The number of nitrogens with one attached hydrogen (secondary N) is 1. The first-order valence-electron chi connectivity index (χ1n) is 6.31. The summed E-state index contributed by atoms with van der Waals surface area (Å²) in [6.45, 7) is 2.32. The Hall–Kier alpha value is -1.41. The molecule has 3 atom stereocenters. The Morgan fingerprint density at radius 1 is 1.35 bits per heavy atom. The summed E-state index contributed by atoms with van der Waals surface area (Å²) < 4.78 is 0. The van der Waals surface area contributed by atoms with Crippen molar-refractivity contribution in [1.82, 2.24) is 10.3 Å². The van der Waals surface area contributed by atoms with Crippen molar-refractivity contribution >= 4 is 10.9 Å². The normalized spacial score (nSPS) is 24.8. The van der Waals surface area contributed by atoms with E-state index in [1.54, 1.807) is 0 Å². The molecular weight excluding hydrogens is 208 g/mol. The number of fused-ring (bicyclic) bond motifs is 1. The first kappa shape index (κ1) is 10.7. The number of benzene rings is 1. The summed E-state index contributed by atoms with van der Waals surface area (Å²) in [7, 11) is 2.05. The molecule has 1 aromatic heterocycles. The zero-order valence-electron chi connectivity index (χ0n) is 10.4.